The van der Waals surface area contributed by atoms with Gasteiger partial charge in [0.25, 0.3) is 59.1 Å². The minimum atomic E-state index is -0.310. The first-order valence-corrected chi connectivity index (χ1v) is 33.1. The zero-order valence-corrected chi connectivity index (χ0v) is 57.1. The van der Waals surface area contributed by atoms with Gasteiger partial charge in [0.2, 0.25) is 5.88 Å². The van der Waals surface area contributed by atoms with Crippen LogP contribution < -0.4 is 24.5 Å². The number of benzene rings is 5. The van der Waals surface area contributed by atoms with Crippen LogP contribution in [0.3, 0.4) is 0 Å². The van der Waals surface area contributed by atoms with Crippen molar-refractivity contribution in [3.63, 3.8) is 0 Å². The van der Waals surface area contributed by atoms with E-state index in [1.807, 2.05) is 155 Å². The molecule has 18 nitrogen and oxygen atoms in total. The lowest BCUT2D eigenvalue weighted by Crippen LogP contribution is -2.29. The lowest BCUT2D eigenvalue weighted by atomic mass is 9.99. The normalized spacial score (nSPS) is 14.2. The number of carbonyl (C=O) groups is 10. The van der Waals surface area contributed by atoms with Crippen molar-refractivity contribution in [1.82, 2.24) is 9.97 Å². The van der Waals surface area contributed by atoms with Gasteiger partial charge in [-0.15, -0.1) is 45.3 Å². The van der Waals surface area contributed by atoms with Crippen LogP contribution in [0.5, 0.6) is 0 Å². The zero-order valence-electron chi connectivity index (χ0n) is 53.1. The van der Waals surface area contributed by atoms with Crippen LogP contribution in [0, 0.1) is 90.0 Å². The van der Waals surface area contributed by atoms with Gasteiger partial charge in [0.05, 0.1) is 70.7 Å². The van der Waals surface area contributed by atoms with Crippen molar-refractivity contribution in [2.75, 3.05) is 24.5 Å². The Labute approximate surface area is 561 Å². The Balaban J connectivity index is 0.000000120. The number of hydrogen-bond donors (Lipinski definition) is 0. The average molecular weight is 1350 g/mol. The molecular formula is C71H58ClN7O11S4. The van der Waals surface area contributed by atoms with E-state index in [0.29, 0.717) is 87.4 Å². The third-order valence-electron chi connectivity index (χ3n) is 16.4. The number of furan rings is 1. The van der Waals surface area contributed by atoms with Crippen LogP contribution in [0.1, 0.15) is 175 Å². The van der Waals surface area contributed by atoms with E-state index in [0.717, 1.165) is 75.3 Å². The molecule has 10 heterocycles. The molecule has 474 valence electrons. The van der Waals surface area contributed by atoms with Crippen LogP contribution in [0.2, 0.25) is 4.34 Å². The smallest absolute Gasteiger partial charge is 0.268 e. The number of fused-ring (bicyclic) bond motifs is 5. The molecule has 0 bridgehead atoms. The van der Waals surface area contributed by atoms with Crippen molar-refractivity contribution in [2.24, 2.45) is 0 Å². The minimum Gasteiger partial charge on any atom is -0.445 e. The summed E-state index contributed by atoms with van der Waals surface area (Å²) in [6, 6.07) is 27.3. The van der Waals surface area contributed by atoms with E-state index < -0.39 is 0 Å². The van der Waals surface area contributed by atoms with Crippen LogP contribution in [0.25, 0.3) is 0 Å². The second kappa shape index (κ2) is 25.5. The average Bonchev–Trinajstić information content (AvgIpc) is 1.64. The molecule has 5 aromatic heterocycles. The Kier molecular flexibility index (Phi) is 17.8. The van der Waals surface area contributed by atoms with E-state index in [2.05, 4.69) is 9.97 Å². The number of imide groups is 5. The first-order chi connectivity index (χ1) is 44.6. The molecular weight excluding hydrogens is 1290 g/mol. The molecule has 0 saturated carbocycles. The first kappa shape index (κ1) is 65.5. The van der Waals surface area contributed by atoms with E-state index >= 15 is 0 Å². The number of amides is 10. The number of aryl methyl sites for hydroxylation is 13. The summed E-state index contributed by atoms with van der Waals surface area (Å²) >= 11 is 11.3. The molecule has 0 radical (unpaired) electrons. The number of carbonyl (C=O) groups excluding carboxylic acids is 10. The summed E-state index contributed by atoms with van der Waals surface area (Å²) < 4.78 is 5.96. The van der Waals surface area contributed by atoms with Gasteiger partial charge in [0, 0.05) is 33.3 Å². The zero-order chi connectivity index (χ0) is 67.8. The first-order valence-electron chi connectivity index (χ1n) is 29.3. The second-order valence-electron chi connectivity index (χ2n) is 22.9. The molecule has 0 N–H and O–H groups in total. The topological polar surface area (TPSA) is 226 Å². The Morgan fingerprint density at radius 3 is 1.03 bits per heavy atom. The van der Waals surface area contributed by atoms with Gasteiger partial charge in [0.15, 0.2) is 10.9 Å². The molecule has 94 heavy (non-hydrogen) atoms. The Bertz CT molecular complexity index is 4250. The molecule has 10 amide bonds. The molecule has 0 aliphatic carbocycles. The van der Waals surface area contributed by atoms with Crippen molar-refractivity contribution >= 4 is 144 Å². The third kappa shape index (κ3) is 11.3. The summed E-state index contributed by atoms with van der Waals surface area (Å²) in [5, 5.41) is 7.16. The van der Waals surface area contributed by atoms with E-state index in [4.69, 9.17) is 16.0 Å². The highest BCUT2D eigenvalue weighted by atomic mass is 35.5. The SMILES string of the molecule is Cc1cc(N2C(=O)c3c(C)ccc(C)c3C2=O)cs1.Cc1ccc(C)c2c1C(=O)N(c1ccc(Cl)s1)C2=O.Cc1ccc(C)c2c1C(=O)N(c1nccs1)C2=O.Cc1ccc(N2C(=O)c3c(C)ccc(C)c3C2=O)o1.Cc1nc(N2C(=O)c3c(C)ccc(C)c3C2=O)cs1. The molecule has 15 rings (SSSR count). The maximum atomic E-state index is 12.5. The number of anilines is 5. The van der Waals surface area contributed by atoms with Gasteiger partial charge in [0.1, 0.15) is 10.8 Å². The van der Waals surface area contributed by atoms with Gasteiger partial charge in [-0.05, 0) is 170 Å². The van der Waals surface area contributed by atoms with Crippen LogP contribution in [-0.2, 0) is 0 Å². The van der Waals surface area contributed by atoms with Crippen LogP contribution in [0.4, 0.5) is 27.5 Å². The van der Waals surface area contributed by atoms with E-state index in [9.17, 15) is 47.9 Å². The quantitative estimate of drug-likeness (QED) is 0.146. The molecule has 5 aliphatic rings. The van der Waals surface area contributed by atoms with Gasteiger partial charge >= 0.3 is 0 Å². The van der Waals surface area contributed by atoms with E-state index in [1.54, 1.807) is 48.1 Å². The molecule has 5 aliphatic heterocycles. The highest BCUT2D eigenvalue weighted by Gasteiger charge is 2.44. The molecule has 0 unspecified atom stereocenters. The summed E-state index contributed by atoms with van der Waals surface area (Å²) in [5.74, 6) is -1.28. The fraction of sp³-hybridized carbons (Fsp3) is 0.183. The molecule has 0 atom stereocenters. The summed E-state index contributed by atoms with van der Waals surface area (Å²) in [6.45, 7) is 24.0. The predicted octanol–water partition coefficient (Wildman–Crippen LogP) is 15.7. The lowest BCUT2D eigenvalue weighted by molar-refractivity contribution is 0.0904. The monoisotopic (exact) mass is 1350 g/mol. The fourth-order valence-electron chi connectivity index (χ4n) is 11.7. The van der Waals surface area contributed by atoms with Crippen molar-refractivity contribution in [1.29, 1.82) is 0 Å². The summed E-state index contributed by atoms with van der Waals surface area (Å²) in [4.78, 5) is 140. The Hall–Kier alpha value is -9.97. The highest BCUT2D eigenvalue weighted by molar-refractivity contribution is 7.20. The highest BCUT2D eigenvalue weighted by Crippen LogP contribution is 2.40. The molecule has 23 heteroatoms. The minimum absolute atomic E-state index is 0.209. The fourth-order valence-corrected chi connectivity index (χ4v) is 14.6. The van der Waals surface area contributed by atoms with Gasteiger partial charge in [-0.3, -0.25) is 47.9 Å². The second-order valence-corrected chi connectivity index (χ2v) is 27.6. The van der Waals surface area contributed by atoms with Crippen LogP contribution in [0.15, 0.2) is 118 Å². The predicted molar refractivity (Wildman–Crippen MR) is 366 cm³/mol. The standard InChI is InChI=1S/C15H13NO3.C15H13NO2S.C14H10ClNO2S.C14H12N2O2S.C13H10N2O2S/c1-8-4-5-9(2)13-12(8)14(17)16(15(13)18)11-7-6-10(3)19-11;1-8-4-5-9(2)13-12(8)14(17)16(15(13)18)11-6-10(3)19-7-11;1-7-3-4-8(2)12-11(7)13(17)16(14(12)18)10-6-5-9(15)19-10;1-7-4-5-8(2)12-11(7)13(17)16(14(12)18)10-6-19-9(3)15-10;1-7-3-4-8(2)10-9(7)11(16)15(12(10)17)13-14-5-6-18-13/h2*4-7H,1-3H3;3-6H,1-2H3;4-6H,1-3H3;3-6H,1-2H3. The van der Waals surface area contributed by atoms with E-state index in [1.165, 1.54) is 60.0 Å². The lowest BCUT2D eigenvalue weighted by Gasteiger charge is -2.11. The largest absolute Gasteiger partial charge is 0.445 e. The van der Waals surface area contributed by atoms with Gasteiger partial charge in [-0.25, -0.2) is 34.5 Å². The number of aromatic nitrogens is 2. The van der Waals surface area contributed by atoms with Crippen molar-refractivity contribution < 1.29 is 52.4 Å². The maximum absolute atomic E-state index is 12.5. The van der Waals surface area contributed by atoms with Gasteiger partial charge < -0.3 is 4.42 Å². The summed E-state index contributed by atoms with van der Waals surface area (Å²) in [7, 11) is 0. The number of halogens is 1. The van der Waals surface area contributed by atoms with E-state index in [-0.39, 0.29) is 65.0 Å². The molecule has 0 saturated heterocycles. The van der Waals surface area contributed by atoms with Crippen molar-refractivity contribution in [3.05, 3.63) is 245 Å². The number of hydrogen-bond acceptors (Lipinski definition) is 17. The molecule has 5 aromatic carbocycles. The number of nitrogens with zero attached hydrogens (tertiary/aromatic N) is 7. The van der Waals surface area contributed by atoms with Crippen molar-refractivity contribution in [3.8, 4) is 0 Å². The molecule has 10 aromatic rings. The number of rotatable bonds is 5. The molecule has 0 fully saturated rings. The molecule has 0 spiro atoms. The summed E-state index contributed by atoms with van der Waals surface area (Å²) in [6.07, 6.45) is 1.59. The van der Waals surface area contributed by atoms with Crippen LogP contribution in [-0.4, -0.2) is 69.0 Å². The number of thiazole rings is 2. The third-order valence-corrected chi connectivity index (χ3v) is 20.0. The Morgan fingerprint density at radius 2 is 0.734 bits per heavy atom. The van der Waals surface area contributed by atoms with Crippen molar-refractivity contribution in [2.45, 2.75) is 90.0 Å². The number of thiophene rings is 2. The van der Waals surface area contributed by atoms with Crippen LogP contribution >= 0.6 is 56.9 Å². The Morgan fingerprint density at radius 1 is 0.372 bits per heavy atom. The summed E-state index contributed by atoms with van der Waals surface area (Å²) in [5.41, 5.74) is 14.1. The van der Waals surface area contributed by atoms with Gasteiger partial charge in [-0.2, -0.15) is 0 Å². The maximum Gasteiger partial charge on any atom is 0.268 e. The van der Waals surface area contributed by atoms with Gasteiger partial charge in [-0.1, -0.05) is 72.3 Å².